The van der Waals surface area contributed by atoms with Crippen LogP contribution in [0.25, 0.3) is 0 Å². The van der Waals surface area contributed by atoms with Gasteiger partial charge in [-0.25, -0.2) is 0 Å². The van der Waals surface area contributed by atoms with Crippen molar-refractivity contribution in [3.63, 3.8) is 0 Å². The van der Waals surface area contributed by atoms with Gasteiger partial charge < -0.3 is 14.6 Å². The minimum Gasteiger partial charge on any atom is -0.460 e. The van der Waals surface area contributed by atoms with Crippen LogP contribution in [0.4, 0.5) is 0 Å². The summed E-state index contributed by atoms with van der Waals surface area (Å²) in [5.41, 5.74) is 1.84. The fourth-order valence-electron chi connectivity index (χ4n) is 1.88. The Balaban J connectivity index is 1.77. The van der Waals surface area contributed by atoms with Crippen molar-refractivity contribution >= 4 is 5.97 Å². The van der Waals surface area contributed by atoms with Crippen molar-refractivity contribution in [2.75, 3.05) is 0 Å². The quantitative estimate of drug-likeness (QED) is 0.631. The summed E-state index contributed by atoms with van der Waals surface area (Å²) in [6, 6.07) is 18.9. The molecule has 2 aromatic rings. The number of esters is 1. The minimum absolute atomic E-state index is 0.190. The maximum atomic E-state index is 11.9. The number of ether oxygens (including phenoxy) is 2. The molecule has 0 spiro atoms. The van der Waals surface area contributed by atoms with Gasteiger partial charge in [-0.2, -0.15) is 0 Å². The van der Waals surface area contributed by atoms with Crippen molar-refractivity contribution in [1.82, 2.24) is 0 Å². The molecule has 4 nitrogen and oxygen atoms in total. The maximum absolute atomic E-state index is 11.9. The number of aliphatic hydroxyl groups is 1. The van der Waals surface area contributed by atoms with Crippen LogP contribution in [0, 0.1) is 5.92 Å². The highest BCUT2D eigenvalue weighted by atomic mass is 16.6. The molecular weight excluding hydrogens is 280 g/mol. The summed E-state index contributed by atoms with van der Waals surface area (Å²) in [5, 5.41) is 9.92. The number of aliphatic hydroxyl groups excluding tert-OH is 1. The van der Waals surface area contributed by atoms with E-state index in [1.165, 1.54) is 0 Å². The van der Waals surface area contributed by atoms with Crippen molar-refractivity contribution in [1.29, 1.82) is 0 Å². The fraction of sp³-hybridized carbons (Fsp3) is 0.278. The highest BCUT2D eigenvalue weighted by Gasteiger charge is 2.24. The Kier molecular flexibility index (Phi) is 6.13. The molecule has 0 saturated carbocycles. The smallest absolute Gasteiger partial charge is 0.314 e. The van der Waals surface area contributed by atoms with Crippen LogP contribution in [0.1, 0.15) is 18.1 Å². The number of rotatable bonds is 7. The van der Waals surface area contributed by atoms with E-state index in [1.54, 1.807) is 6.92 Å². The highest BCUT2D eigenvalue weighted by molar-refractivity contribution is 5.72. The fourth-order valence-corrected chi connectivity index (χ4v) is 1.88. The predicted octanol–water partition coefficient (Wildman–Crippen LogP) is 2.90. The van der Waals surface area contributed by atoms with Crippen molar-refractivity contribution < 1.29 is 19.4 Å². The van der Waals surface area contributed by atoms with Gasteiger partial charge in [-0.3, -0.25) is 4.79 Å². The summed E-state index contributed by atoms with van der Waals surface area (Å²) in [6.45, 7) is 2.02. The largest absolute Gasteiger partial charge is 0.460 e. The van der Waals surface area contributed by atoms with Gasteiger partial charge in [0.2, 0.25) is 0 Å². The molecule has 0 aromatic heterocycles. The van der Waals surface area contributed by atoms with Gasteiger partial charge in [-0.05, 0) is 18.1 Å². The molecule has 2 unspecified atom stereocenters. The Labute approximate surface area is 130 Å². The highest BCUT2D eigenvalue weighted by Crippen LogP contribution is 2.12. The molecule has 0 aliphatic rings. The SMILES string of the molecule is CC(C(=O)OCc1ccccc1)C(O)OCc1ccccc1. The van der Waals surface area contributed by atoms with Crippen LogP contribution >= 0.6 is 0 Å². The molecular formula is C18H20O4. The van der Waals surface area contributed by atoms with E-state index in [-0.39, 0.29) is 13.2 Å². The van der Waals surface area contributed by atoms with Crippen LogP contribution in [-0.4, -0.2) is 17.4 Å². The van der Waals surface area contributed by atoms with Crippen LogP contribution < -0.4 is 0 Å². The van der Waals surface area contributed by atoms with E-state index in [4.69, 9.17) is 9.47 Å². The summed E-state index contributed by atoms with van der Waals surface area (Å²) in [6.07, 6.45) is -1.19. The van der Waals surface area contributed by atoms with Crippen LogP contribution in [0.15, 0.2) is 60.7 Å². The first-order chi connectivity index (χ1) is 10.7. The number of carbonyl (C=O) groups excluding carboxylic acids is 1. The van der Waals surface area contributed by atoms with Crippen LogP contribution in [0.2, 0.25) is 0 Å². The van der Waals surface area contributed by atoms with Gasteiger partial charge in [0.15, 0.2) is 6.29 Å². The molecule has 0 heterocycles. The zero-order valence-corrected chi connectivity index (χ0v) is 12.5. The lowest BCUT2D eigenvalue weighted by atomic mass is 10.1. The second-order valence-corrected chi connectivity index (χ2v) is 5.07. The van der Waals surface area contributed by atoms with Crippen LogP contribution in [0.3, 0.4) is 0 Å². The Hall–Kier alpha value is -2.17. The van der Waals surface area contributed by atoms with Gasteiger partial charge in [0.1, 0.15) is 12.5 Å². The molecule has 0 amide bonds. The van der Waals surface area contributed by atoms with Crippen molar-refractivity contribution in [3.8, 4) is 0 Å². The number of benzene rings is 2. The first-order valence-electron chi connectivity index (χ1n) is 7.21. The van der Waals surface area contributed by atoms with Crippen molar-refractivity contribution in [3.05, 3.63) is 71.8 Å². The van der Waals surface area contributed by atoms with Crippen LogP contribution in [-0.2, 0) is 27.5 Å². The molecule has 2 rings (SSSR count). The lowest BCUT2D eigenvalue weighted by Crippen LogP contribution is -2.29. The van der Waals surface area contributed by atoms with Crippen LogP contribution in [0.5, 0.6) is 0 Å². The van der Waals surface area contributed by atoms with E-state index in [0.717, 1.165) is 11.1 Å². The van der Waals surface area contributed by atoms with Gasteiger partial charge >= 0.3 is 5.97 Å². The molecule has 0 bridgehead atoms. The Morgan fingerprint density at radius 3 is 2.00 bits per heavy atom. The van der Waals surface area contributed by atoms with Gasteiger partial charge in [0.25, 0.3) is 0 Å². The number of carbonyl (C=O) groups is 1. The normalized spacial score (nSPS) is 13.4. The van der Waals surface area contributed by atoms with E-state index in [1.807, 2.05) is 60.7 Å². The van der Waals surface area contributed by atoms with Crippen molar-refractivity contribution in [2.45, 2.75) is 26.4 Å². The summed E-state index contributed by atoms with van der Waals surface area (Å²) in [5.74, 6) is -1.23. The molecule has 0 aliphatic heterocycles. The molecule has 2 atom stereocenters. The standard InChI is InChI=1S/C18H20O4/c1-14(17(19)21-12-15-8-4-2-5-9-15)18(20)22-13-16-10-6-3-7-11-16/h2-11,14,17,19H,12-13H2,1H3. The Bertz CT molecular complexity index is 568. The molecule has 0 aliphatic carbocycles. The summed E-state index contributed by atoms with van der Waals surface area (Å²) in [4.78, 5) is 11.9. The molecule has 0 saturated heterocycles. The average Bonchev–Trinajstić information content (AvgIpc) is 2.58. The Morgan fingerprint density at radius 1 is 0.955 bits per heavy atom. The first-order valence-corrected chi connectivity index (χ1v) is 7.21. The summed E-state index contributed by atoms with van der Waals surface area (Å²) in [7, 11) is 0. The Morgan fingerprint density at radius 2 is 1.45 bits per heavy atom. The van der Waals surface area contributed by atoms with Gasteiger partial charge in [0, 0.05) is 0 Å². The van der Waals surface area contributed by atoms with E-state index in [2.05, 4.69) is 0 Å². The predicted molar refractivity (Wildman–Crippen MR) is 82.6 cm³/mol. The molecule has 0 radical (unpaired) electrons. The molecule has 0 fully saturated rings. The lowest BCUT2D eigenvalue weighted by Gasteiger charge is -2.18. The van der Waals surface area contributed by atoms with E-state index in [0.29, 0.717) is 0 Å². The van der Waals surface area contributed by atoms with Gasteiger partial charge in [-0.1, -0.05) is 60.7 Å². The third-order valence-electron chi connectivity index (χ3n) is 3.29. The average molecular weight is 300 g/mol. The topological polar surface area (TPSA) is 55.8 Å². The second kappa shape index (κ2) is 8.32. The van der Waals surface area contributed by atoms with E-state index >= 15 is 0 Å². The van der Waals surface area contributed by atoms with Gasteiger partial charge in [-0.15, -0.1) is 0 Å². The lowest BCUT2D eigenvalue weighted by molar-refractivity contribution is -0.177. The third kappa shape index (κ3) is 4.98. The molecule has 116 valence electrons. The second-order valence-electron chi connectivity index (χ2n) is 5.07. The summed E-state index contributed by atoms with van der Waals surface area (Å²) >= 11 is 0. The van der Waals surface area contributed by atoms with E-state index < -0.39 is 18.2 Å². The van der Waals surface area contributed by atoms with Crippen molar-refractivity contribution in [2.24, 2.45) is 5.92 Å². The van der Waals surface area contributed by atoms with E-state index in [9.17, 15) is 9.90 Å². The minimum atomic E-state index is -1.19. The molecule has 22 heavy (non-hydrogen) atoms. The monoisotopic (exact) mass is 300 g/mol. The zero-order valence-electron chi connectivity index (χ0n) is 12.5. The number of hydrogen-bond donors (Lipinski definition) is 1. The molecule has 1 N–H and O–H groups in total. The van der Waals surface area contributed by atoms with Gasteiger partial charge in [0.05, 0.1) is 6.61 Å². The first kappa shape index (κ1) is 16.2. The summed E-state index contributed by atoms with van der Waals surface area (Å²) < 4.78 is 10.5. The molecule has 4 heteroatoms. The molecule has 2 aromatic carbocycles. The zero-order chi connectivity index (χ0) is 15.8. The maximum Gasteiger partial charge on any atom is 0.314 e. The number of hydrogen-bond acceptors (Lipinski definition) is 4. The third-order valence-corrected chi connectivity index (χ3v) is 3.29.